The van der Waals surface area contributed by atoms with Crippen molar-refractivity contribution in [2.75, 3.05) is 0 Å². The Labute approximate surface area is 130 Å². The van der Waals surface area contributed by atoms with Crippen molar-refractivity contribution >= 4 is 17.2 Å². The Morgan fingerprint density at radius 3 is 2.82 bits per heavy atom. The van der Waals surface area contributed by atoms with Crippen LogP contribution in [0.5, 0.6) is 0 Å². The minimum atomic E-state index is -0.312. The van der Waals surface area contributed by atoms with E-state index in [1.54, 1.807) is 23.5 Å². The number of hydrogen-bond acceptors (Lipinski definition) is 4. The maximum Gasteiger partial charge on any atom is 0.224 e. The van der Waals surface area contributed by atoms with Crippen LogP contribution in [0.1, 0.15) is 11.3 Å². The first-order valence-corrected chi connectivity index (χ1v) is 7.59. The SMILES string of the molecule is O=C(Cc1ccc(F)cc1)NCc1cc(-c2cccs2)on1. The molecule has 3 rings (SSSR count). The summed E-state index contributed by atoms with van der Waals surface area (Å²) in [6.07, 6.45) is 0.204. The van der Waals surface area contributed by atoms with Crippen LogP contribution in [0.3, 0.4) is 0 Å². The van der Waals surface area contributed by atoms with Crippen molar-refractivity contribution in [2.24, 2.45) is 0 Å². The average Bonchev–Trinajstić information content (AvgIpc) is 3.18. The smallest absolute Gasteiger partial charge is 0.224 e. The highest BCUT2D eigenvalue weighted by molar-refractivity contribution is 7.13. The molecular formula is C16H13FN2O2S. The fraction of sp³-hybridized carbons (Fsp3) is 0.125. The van der Waals surface area contributed by atoms with Crippen molar-refractivity contribution in [2.45, 2.75) is 13.0 Å². The summed E-state index contributed by atoms with van der Waals surface area (Å²) < 4.78 is 18.0. The molecule has 6 heteroatoms. The van der Waals surface area contributed by atoms with Crippen LogP contribution in [-0.2, 0) is 17.8 Å². The van der Waals surface area contributed by atoms with Gasteiger partial charge in [0.1, 0.15) is 11.5 Å². The van der Waals surface area contributed by atoms with E-state index in [1.165, 1.54) is 12.1 Å². The number of nitrogens with one attached hydrogen (secondary N) is 1. The van der Waals surface area contributed by atoms with Gasteiger partial charge < -0.3 is 9.84 Å². The van der Waals surface area contributed by atoms with Gasteiger partial charge in [-0.2, -0.15) is 0 Å². The quantitative estimate of drug-likeness (QED) is 0.785. The lowest BCUT2D eigenvalue weighted by atomic mass is 10.1. The van der Waals surface area contributed by atoms with Gasteiger partial charge in [0.2, 0.25) is 5.91 Å². The Morgan fingerprint density at radius 1 is 1.27 bits per heavy atom. The summed E-state index contributed by atoms with van der Waals surface area (Å²) in [4.78, 5) is 12.8. The van der Waals surface area contributed by atoms with Gasteiger partial charge in [-0.05, 0) is 29.1 Å². The van der Waals surface area contributed by atoms with Crippen LogP contribution in [0.2, 0.25) is 0 Å². The second-order valence-electron chi connectivity index (χ2n) is 4.74. The first-order chi connectivity index (χ1) is 10.7. The molecule has 0 unspecified atom stereocenters. The second kappa shape index (κ2) is 6.53. The molecule has 0 saturated carbocycles. The fourth-order valence-corrected chi connectivity index (χ4v) is 2.64. The normalized spacial score (nSPS) is 10.6. The third kappa shape index (κ3) is 3.59. The highest BCUT2D eigenvalue weighted by Crippen LogP contribution is 2.24. The van der Waals surface area contributed by atoms with Crippen LogP contribution >= 0.6 is 11.3 Å². The van der Waals surface area contributed by atoms with E-state index in [-0.39, 0.29) is 18.1 Å². The van der Waals surface area contributed by atoms with E-state index in [9.17, 15) is 9.18 Å². The summed E-state index contributed by atoms with van der Waals surface area (Å²) in [7, 11) is 0. The van der Waals surface area contributed by atoms with Gasteiger partial charge in [0, 0.05) is 6.07 Å². The standard InChI is InChI=1S/C16H13FN2O2S/c17-12-5-3-11(4-6-12)8-16(20)18-10-13-9-14(21-19-13)15-2-1-7-22-15/h1-7,9H,8,10H2,(H,18,20). The molecule has 2 aromatic heterocycles. The van der Waals surface area contributed by atoms with Crippen molar-refractivity contribution < 1.29 is 13.7 Å². The topological polar surface area (TPSA) is 55.1 Å². The van der Waals surface area contributed by atoms with Gasteiger partial charge in [0.05, 0.1) is 17.8 Å². The lowest BCUT2D eigenvalue weighted by Crippen LogP contribution is -2.24. The number of hydrogen-bond donors (Lipinski definition) is 1. The molecule has 0 saturated heterocycles. The third-order valence-electron chi connectivity index (χ3n) is 3.07. The van der Waals surface area contributed by atoms with Crippen LogP contribution in [0.25, 0.3) is 10.6 Å². The van der Waals surface area contributed by atoms with Crippen molar-refractivity contribution in [3.63, 3.8) is 0 Å². The summed E-state index contributed by atoms with van der Waals surface area (Å²) in [5, 5.41) is 8.66. The van der Waals surface area contributed by atoms with Gasteiger partial charge in [-0.25, -0.2) is 4.39 Å². The third-order valence-corrected chi connectivity index (χ3v) is 3.95. The van der Waals surface area contributed by atoms with Crippen LogP contribution in [0.15, 0.2) is 52.4 Å². The zero-order valence-electron chi connectivity index (χ0n) is 11.6. The van der Waals surface area contributed by atoms with Gasteiger partial charge in [-0.15, -0.1) is 11.3 Å². The fourth-order valence-electron chi connectivity index (χ4n) is 1.97. The first kappa shape index (κ1) is 14.5. The lowest BCUT2D eigenvalue weighted by molar-refractivity contribution is -0.120. The van der Waals surface area contributed by atoms with Gasteiger partial charge >= 0.3 is 0 Å². The monoisotopic (exact) mass is 316 g/mol. The van der Waals surface area contributed by atoms with E-state index >= 15 is 0 Å². The minimum absolute atomic E-state index is 0.146. The molecule has 1 N–H and O–H groups in total. The summed E-state index contributed by atoms with van der Waals surface area (Å²) in [6, 6.07) is 11.6. The number of halogens is 1. The number of benzene rings is 1. The zero-order chi connectivity index (χ0) is 15.4. The number of thiophene rings is 1. The molecule has 112 valence electrons. The minimum Gasteiger partial charge on any atom is -0.355 e. The molecule has 0 bridgehead atoms. The first-order valence-electron chi connectivity index (χ1n) is 6.71. The molecule has 0 aliphatic heterocycles. The molecule has 2 heterocycles. The number of aromatic nitrogens is 1. The molecule has 0 aliphatic carbocycles. The van der Waals surface area contributed by atoms with E-state index < -0.39 is 0 Å². The molecule has 1 amide bonds. The maximum absolute atomic E-state index is 12.8. The van der Waals surface area contributed by atoms with Gasteiger partial charge in [-0.1, -0.05) is 23.4 Å². The number of amides is 1. The molecule has 0 atom stereocenters. The molecule has 0 spiro atoms. The summed E-state index contributed by atoms with van der Waals surface area (Å²) in [5.41, 5.74) is 1.43. The predicted octanol–water partition coefficient (Wildman–Crippen LogP) is 3.40. The van der Waals surface area contributed by atoms with E-state index in [2.05, 4.69) is 10.5 Å². The largest absolute Gasteiger partial charge is 0.355 e. The van der Waals surface area contributed by atoms with Gasteiger partial charge in [0.25, 0.3) is 0 Å². The Balaban J connectivity index is 1.54. The van der Waals surface area contributed by atoms with E-state index in [4.69, 9.17) is 4.52 Å². The summed E-state index contributed by atoms with van der Waals surface area (Å²) in [6.45, 7) is 0.300. The molecule has 0 radical (unpaired) electrons. The predicted molar refractivity (Wildman–Crippen MR) is 81.8 cm³/mol. The Kier molecular flexibility index (Phi) is 4.29. The number of rotatable bonds is 5. The highest BCUT2D eigenvalue weighted by Gasteiger charge is 2.09. The Hall–Kier alpha value is -2.47. The van der Waals surface area contributed by atoms with Crippen molar-refractivity contribution in [3.8, 4) is 10.6 Å². The van der Waals surface area contributed by atoms with Gasteiger partial charge in [0.15, 0.2) is 5.76 Å². The van der Waals surface area contributed by atoms with E-state index in [1.807, 2.05) is 23.6 Å². The molecule has 3 aromatic rings. The lowest BCUT2D eigenvalue weighted by Gasteiger charge is -2.03. The van der Waals surface area contributed by atoms with Crippen molar-refractivity contribution in [1.29, 1.82) is 0 Å². The molecule has 0 aliphatic rings. The molecule has 22 heavy (non-hydrogen) atoms. The van der Waals surface area contributed by atoms with Crippen LogP contribution in [0.4, 0.5) is 4.39 Å². The molecule has 0 fully saturated rings. The highest BCUT2D eigenvalue weighted by atomic mass is 32.1. The summed E-state index contributed by atoms with van der Waals surface area (Å²) >= 11 is 1.56. The van der Waals surface area contributed by atoms with Crippen molar-refractivity contribution in [3.05, 3.63) is 64.9 Å². The van der Waals surface area contributed by atoms with Crippen LogP contribution in [-0.4, -0.2) is 11.1 Å². The zero-order valence-corrected chi connectivity index (χ0v) is 12.4. The van der Waals surface area contributed by atoms with Crippen LogP contribution < -0.4 is 5.32 Å². The van der Waals surface area contributed by atoms with Crippen molar-refractivity contribution in [1.82, 2.24) is 10.5 Å². The summed E-state index contributed by atoms with van der Waals surface area (Å²) in [5.74, 6) is 0.234. The molecule has 1 aromatic carbocycles. The number of carbonyl (C=O) groups is 1. The maximum atomic E-state index is 12.8. The van der Waals surface area contributed by atoms with Crippen LogP contribution in [0, 0.1) is 5.82 Å². The average molecular weight is 316 g/mol. The van der Waals surface area contributed by atoms with Gasteiger partial charge in [-0.3, -0.25) is 4.79 Å². The van der Waals surface area contributed by atoms with E-state index in [0.29, 0.717) is 18.0 Å². The van der Waals surface area contributed by atoms with E-state index in [0.717, 1.165) is 10.4 Å². The molecule has 4 nitrogen and oxygen atoms in total. The Bertz CT molecular complexity index is 751. The molecular weight excluding hydrogens is 303 g/mol. The number of nitrogens with zero attached hydrogens (tertiary/aromatic N) is 1. The second-order valence-corrected chi connectivity index (χ2v) is 5.69. The number of carbonyl (C=O) groups excluding carboxylic acids is 1. The Morgan fingerprint density at radius 2 is 2.09 bits per heavy atom.